The van der Waals surface area contributed by atoms with Crippen LogP contribution in [-0.4, -0.2) is 51.8 Å². The highest BCUT2D eigenvalue weighted by Gasteiger charge is 2.36. The number of nitrogens with zero attached hydrogens (tertiary/aromatic N) is 4. The fourth-order valence-corrected chi connectivity index (χ4v) is 3.82. The summed E-state index contributed by atoms with van der Waals surface area (Å²) < 4.78 is 0. The summed E-state index contributed by atoms with van der Waals surface area (Å²) in [5, 5.41) is 8.73. The second-order valence-electron chi connectivity index (χ2n) is 6.27. The van der Waals surface area contributed by atoms with Gasteiger partial charge in [0.1, 0.15) is 4.99 Å². The van der Waals surface area contributed by atoms with Gasteiger partial charge in [-0.15, -0.1) is 5.10 Å². The number of anilines is 1. The van der Waals surface area contributed by atoms with Crippen LogP contribution in [0.3, 0.4) is 0 Å². The van der Waals surface area contributed by atoms with Crippen molar-refractivity contribution in [1.29, 1.82) is 0 Å². The van der Waals surface area contributed by atoms with Crippen molar-refractivity contribution in [3.05, 3.63) is 16.8 Å². The van der Waals surface area contributed by atoms with Gasteiger partial charge in [0, 0.05) is 25.2 Å². The van der Waals surface area contributed by atoms with Crippen LogP contribution in [-0.2, 0) is 0 Å². The molecule has 5 nitrogen and oxygen atoms in total. The molecule has 1 aromatic heterocycles. The lowest BCUT2D eigenvalue weighted by atomic mass is 10.0. The molecule has 2 atom stereocenters. The molecule has 0 amide bonds. The fourth-order valence-electron chi connectivity index (χ4n) is 3.57. The van der Waals surface area contributed by atoms with Gasteiger partial charge in [-0.25, -0.2) is 0 Å². The standard InChI is InChI=1S/C15H23N5S/c1-9-7-19-6-4-5-12(19)8-20(9)15-13(14(16)21)10(2)11(3)17-18-15/h9,12H,4-8H2,1-3H3,(H2,16,21). The first-order valence-electron chi connectivity index (χ1n) is 7.63. The Morgan fingerprint density at radius 2 is 2.05 bits per heavy atom. The molecule has 2 unspecified atom stereocenters. The Balaban J connectivity index is 1.99. The normalized spacial score (nSPS) is 26.0. The third-order valence-electron chi connectivity index (χ3n) is 4.89. The number of nitrogens with two attached hydrogens (primary N) is 1. The van der Waals surface area contributed by atoms with Gasteiger partial charge in [-0.3, -0.25) is 4.90 Å². The number of piperazine rings is 1. The number of rotatable bonds is 2. The molecule has 21 heavy (non-hydrogen) atoms. The van der Waals surface area contributed by atoms with E-state index in [0.29, 0.717) is 17.1 Å². The molecule has 0 radical (unpaired) electrons. The molecular weight excluding hydrogens is 282 g/mol. The zero-order valence-electron chi connectivity index (χ0n) is 13.0. The Kier molecular flexibility index (Phi) is 3.84. The molecule has 0 saturated carbocycles. The minimum absolute atomic E-state index is 0.406. The van der Waals surface area contributed by atoms with Crippen molar-refractivity contribution in [3.8, 4) is 0 Å². The minimum atomic E-state index is 0.406. The zero-order valence-corrected chi connectivity index (χ0v) is 13.8. The average Bonchev–Trinajstić information content (AvgIpc) is 2.87. The maximum atomic E-state index is 5.97. The van der Waals surface area contributed by atoms with Crippen LogP contribution in [0, 0.1) is 13.8 Å². The molecule has 2 saturated heterocycles. The highest BCUT2D eigenvalue weighted by Crippen LogP contribution is 2.30. The van der Waals surface area contributed by atoms with Crippen molar-refractivity contribution >= 4 is 23.0 Å². The number of hydrogen-bond acceptors (Lipinski definition) is 5. The summed E-state index contributed by atoms with van der Waals surface area (Å²) >= 11 is 5.27. The van der Waals surface area contributed by atoms with E-state index >= 15 is 0 Å². The van der Waals surface area contributed by atoms with Crippen molar-refractivity contribution in [1.82, 2.24) is 15.1 Å². The Morgan fingerprint density at radius 1 is 1.29 bits per heavy atom. The first-order valence-corrected chi connectivity index (χ1v) is 8.04. The van der Waals surface area contributed by atoms with E-state index < -0.39 is 0 Å². The Bertz CT molecular complexity index is 573. The maximum Gasteiger partial charge on any atom is 0.162 e. The first kappa shape index (κ1) is 14.7. The molecule has 0 spiro atoms. The smallest absolute Gasteiger partial charge is 0.162 e. The molecule has 2 aliphatic rings. The van der Waals surface area contributed by atoms with Crippen LogP contribution in [0.5, 0.6) is 0 Å². The molecule has 0 aliphatic carbocycles. The fraction of sp³-hybridized carbons (Fsp3) is 0.667. The van der Waals surface area contributed by atoms with Gasteiger partial charge in [0.25, 0.3) is 0 Å². The Morgan fingerprint density at radius 3 is 2.76 bits per heavy atom. The number of hydrogen-bond donors (Lipinski definition) is 1. The van der Waals surface area contributed by atoms with E-state index in [1.54, 1.807) is 0 Å². The van der Waals surface area contributed by atoms with Crippen LogP contribution in [0.15, 0.2) is 0 Å². The zero-order chi connectivity index (χ0) is 15.1. The van der Waals surface area contributed by atoms with Gasteiger partial charge in [0.15, 0.2) is 5.82 Å². The van der Waals surface area contributed by atoms with E-state index in [-0.39, 0.29) is 0 Å². The number of fused-ring (bicyclic) bond motifs is 1. The largest absolute Gasteiger partial charge is 0.389 e. The van der Waals surface area contributed by atoms with E-state index in [9.17, 15) is 0 Å². The van der Waals surface area contributed by atoms with Gasteiger partial charge < -0.3 is 10.6 Å². The molecule has 3 heterocycles. The molecular formula is C15H23N5S. The maximum absolute atomic E-state index is 5.97. The molecule has 2 fully saturated rings. The van der Waals surface area contributed by atoms with Crippen LogP contribution in [0.25, 0.3) is 0 Å². The van der Waals surface area contributed by atoms with Gasteiger partial charge in [0.05, 0.1) is 11.3 Å². The second kappa shape index (κ2) is 5.50. The van der Waals surface area contributed by atoms with Crippen molar-refractivity contribution in [2.45, 2.75) is 45.7 Å². The van der Waals surface area contributed by atoms with Crippen LogP contribution in [0.1, 0.15) is 36.6 Å². The van der Waals surface area contributed by atoms with E-state index in [2.05, 4.69) is 26.9 Å². The van der Waals surface area contributed by atoms with Crippen molar-refractivity contribution in [2.75, 3.05) is 24.5 Å². The molecule has 114 valence electrons. The van der Waals surface area contributed by atoms with Crippen molar-refractivity contribution in [3.63, 3.8) is 0 Å². The van der Waals surface area contributed by atoms with E-state index in [1.807, 2.05) is 13.8 Å². The average molecular weight is 305 g/mol. The molecule has 6 heteroatoms. The van der Waals surface area contributed by atoms with Crippen molar-refractivity contribution in [2.24, 2.45) is 5.73 Å². The van der Waals surface area contributed by atoms with Gasteiger partial charge in [-0.1, -0.05) is 12.2 Å². The Labute approximate surface area is 131 Å². The van der Waals surface area contributed by atoms with Gasteiger partial charge in [-0.2, -0.15) is 5.10 Å². The predicted octanol–water partition coefficient (Wildman–Crippen LogP) is 1.40. The third-order valence-corrected chi connectivity index (χ3v) is 5.10. The molecule has 0 aromatic carbocycles. The van der Waals surface area contributed by atoms with Gasteiger partial charge in [0.2, 0.25) is 0 Å². The number of aryl methyl sites for hydroxylation is 1. The Hall–Kier alpha value is -1.27. The summed E-state index contributed by atoms with van der Waals surface area (Å²) in [4.78, 5) is 5.36. The SMILES string of the molecule is Cc1nnc(N2CC3CCCN3CC2C)c(C(N)=S)c1C. The summed E-state index contributed by atoms with van der Waals surface area (Å²) in [6.45, 7) is 9.52. The quantitative estimate of drug-likeness (QED) is 0.834. The van der Waals surface area contributed by atoms with E-state index in [0.717, 1.165) is 35.7 Å². The van der Waals surface area contributed by atoms with Crippen molar-refractivity contribution < 1.29 is 0 Å². The van der Waals surface area contributed by atoms with Crippen LogP contribution < -0.4 is 10.6 Å². The number of thiocarbonyl (C=S) groups is 1. The molecule has 2 aliphatic heterocycles. The summed E-state index contributed by atoms with van der Waals surface area (Å²) in [6.07, 6.45) is 2.57. The monoisotopic (exact) mass is 305 g/mol. The third kappa shape index (κ3) is 2.51. The molecule has 3 rings (SSSR count). The van der Waals surface area contributed by atoms with E-state index in [4.69, 9.17) is 18.0 Å². The highest BCUT2D eigenvalue weighted by atomic mass is 32.1. The molecule has 2 N–H and O–H groups in total. The number of aromatic nitrogens is 2. The molecule has 1 aromatic rings. The lowest BCUT2D eigenvalue weighted by Gasteiger charge is -2.43. The topological polar surface area (TPSA) is 58.3 Å². The van der Waals surface area contributed by atoms with Gasteiger partial charge >= 0.3 is 0 Å². The summed E-state index contributed by atoms with van der Waals surface area (Å²) in [6, 6.07) is 1.03. The lowest BCUT2D eigenvalue weighted by Crippen LogP contribution is -2.55. The minimum Gasteiger partial charge on any atom is -0.389 e. The molecule has 0 bridgehead atoms. The summed E-state index contributed by atoms with van der Waals surface area (Å²) in [5.41, 5.74) is 8.82. The predicted molar refractivity (Wildman–Crippen MR) is 88.8 cm³/mol. The van der Waals surface area contributed by atoms with Gasteiger partial charge in [-0.05, 0) is 45.7 Å². The highest BCUT2D eigenvalue weighted by molar-refractivity contribution is 7.80. The van der Waals surface area contributed by atoms with E-state index in [1.165, 1.54) is 19.4 Å². The second-order valence-corrected chi connectivity index (χ2v) is 6.71. The first-order chi connectivity index (χ1) is 9.99. The summed E-state index contributed by atoms with van der Waals surface area (Å²) in [5.74, 6) is 0.865. The summed E-state index contributed by atoms with van der Waals surface area (Å²) in [7, 11) is 0. The van der Waals surface area contributed by atoms with Crippen LogP contribution >= 0.6 is 12.2 Å². The lowest BCUT2D eigenvalue weighted by molar-refractivity contribution is 0.202. The van der Waals surface area contributed by atoms with Crippen LogP contribution in [0.4, 0.5) is 5.82 Å². The van der Waals surface area contributed by atoms with Crippen LogP contribution in [0.2, 0.25) is 0 Å².